The van der Waals surface area contributed by atoms with Gasteiger partial charge in [0.2, 0.25) is 0 Å². The second-order valence-corrected chi connectivity index (χ2v) is 4.77. The molecule has 0 spiro atoms. The second kappa shape index (κ2) is 4.71. The Kier molecular flexibility index (Phi) is 3.31. The summed E-state index contributed by atoms with van der Waals surface area (Å²) < 4.78 is 0. The molecule has 1 aromatic carbocycles. The molecular formula is C12H16N2S. The molecule has 0 aliphatic carbocycles. The predicted octanol–water partition coefficient (Wildman–Crippen LogP) is 2.47. The summed E-state index contributed by atoms with van der Waals surface area (Å²) in [5.74, 6) is 0.552. The Bertz CT molecular complexity index is 345. The van der Waals surface area contributed by atoms with Crippen molar-refractivity contribution >= 4 is 18.1 Å². The lowest BCUT2D eigenvalue weighted by Crippen LogP contribution is -2.29. The first-order valence-electron chi connectivity index (χ1n) is 5.13. The highest BCUT2D eigenvalue weighted by Crippen LogP contribution is 2.22. The normalized spacial score (nSPS) is 20.7. The monoisotopic (exact) mass is 220 g/mol. The van der Waals surface area contributed by atoms with E-state index in [0.29, 0.717) is 5.92 Å². The summed E-state index contributed by atoms with van der Waals surface area (Å²) in [6.45, 7) is 1.99. The Labute approximate surface area is 95.4 Å². The van der Waals surface area contributed by atoms with Crippen molar-refractivity contribution < 1.29 is 0 Å². The molecule has 1 atom stereocenters. The molecule has 0 fully saturated rings. The summed E-state index contributed by atoms with van der Waals surface area (Å²) in [6.07, 6.45) is 4.03. The molecule has 15 heavy (non-hydrogen) atoms. The number of hydrogen-bond donors (Lipinski definition) is 0. The fourth-order valence-electron chi connectivity index (χ4n) is 1.85. The van der Waals surface area contributed by atoms with Crippen LogP contribution in [0.1, 0.15) is 11.5 Å². The van der Waals surface area contributed by atoms with Gasteiger partial charge in [0.1, 0.15) is 0 Å². The van der Waals surface area contributed by atoms with Crippen LogP contribution in [0.5, 0.6) is 0 Å². The lowest BCUT2D eigenvalue weighted by atomic mass is 9.98. The van der Waals surface area contributed by atoms with Gasteiger partial charge in [0.25, 0.3) is 0 Å². The Morgan fingerprint density at radius 1 is 1.33 bits per heavy atom. The lowest BCUT2D eigenvalue weighted by molar-refractivity contribution is 0.440. The average molecular weight is 220 g/mol. The topological polar surface area (TPSA) is 15.6 Å². The predicted molar refractivity (Wildman–Crippen MR) is 67.0 cm³/mol. The molecule has 1 aliphatic heterocycles. The zero-order chi connectivity index (χ0) is 10.7. The molecule has 2 rings (SSSR count). The number of nitrogens with zero attached hydrogens (tertiary/aromatic N) is 2. The summed E-state index contributed by atoms with van der Waals surface area (Å²) in [6, 6.07) is 8.84. The molecule has 80 valence electrons. The van der Waals surface area contributed by atoms with E-state index in [1.807, 2.05) is 6.34 Å². The van der Waals surface area contributed by atoms with E-state index in [9.17, 15) is 0 Å². The first kappa shape index (κ1) is 10.6. The molecule has 0 aromatic heterocycles. The fourth-order valence-corrected chi connectivity index (χ4v) is 2.26. The van der Waals surface area contributed by atoms with Gasteiger partial charge in [0.05, 0.1) is 6.34 Å². The van der Waals surface area contributed by atoms with Crippen molar-refractivity contribution in [2.75, 3.05) is 26.4 Å². The van der Waals surface area contributed by atoms with Crippen LogP contribution < -0.4 is 0 Å². The first-order valence-corrected chi connectivity index (χ1v) is 6.36. The Morgan fingerprint density at radius 3 is 2.67 bits per heavy atom. The van der Waals surface area contributed by atoms with Crippen molar-refractivity contribution in [1.82, 2.24) is 4.90 Å². The molecule has 0 amide bonds. The third kappa shape index (κ3) is 2.53. The maximum absolute atomic E-state index is 4.35. The third-order valence-electron chi connectivity index (χ3n) is 2.70. The minimum Gasteiger partial charge on any atom is -0.365 e. The Hall–Kier alpha value is -0.960. The van der Waals surface area contributed by atoms with Crippen molar-refractivity contribution in [3.8, 4) is 0 Å². The highest BCUT2D eigenvalue weighted by atomic mass is 32.2. The largest absolute Gasteiger partial charge is 0.365 e. The first-order chi connectivity index (χ1) is 7.29. The van der Waals surface area contributed by atoms with E-state index >= 15 is 0 Å². The molecule has 2 nitrogen and oxygen atoms in total. The van der Waals surface area contributed by atoms with Gasteiger partial charge in [0, 0.05) is 31.0 Å². The maximum atomic E-state index is 4.35. The van der Waals surface area contributed by atoms with E-state index in [-0.39, 0.29) is 0 Å². The van der Waals surface area contributed by atoms with Crippen molar-refractivity contribution in [3.05, 3.63) is 29.8 Å². The summed E-state index contributed by atoms with van der Waals surface area (Å²) in [5, 5.41) is 0. The van der Waals surface area contributed by atoms with E-state index in [1.54, 1.807) is 11.8 Å². The van der Waals surface area contributed by atoms with Gasteiger partial charge in [-0.1, -0.05) is 12.1 Å². The van der Waals surface area contributed by atoms with Crippen LogP contribution >= 0.6 is 11.8 Å². The molecule has 0 radical (unpaired) electrons. The van der Waals surface area contributed by atoms with Crippen molar-refractivity contribution in [2.45, 2.75) is 10.8 Å². The van der Waals surface area contributed by atoms with Gasteiger partial charge in [-0.2, -0.15) is 0 Å². The van der Waals surface area contributed by atoms with Gasteiger partial charge < -0.3 is 4.90 Å². The van der Waals surface area contributed by atoms with E-state index in [4.69, 9.17) is 0 Å². The van der Waals surface area contributed by atoms with Crippen LogP contribution in [0.4, 0.5) is 0 Å². The number of benzene rings is 1. The van der Waals surface area contributed by atoms with Crippen molar-refractivity contribution in [3.63, 3.8) is 0 Å². The van der Waals surface area contributed by atoms with Gasteiger partial charge in [-0.3, -0.25) is 4.99 Å². The highest BCUT2D eigenvalue weighted by molar-refractivity contribution is 7.98. The number of hydrogen-bond acceptors (Lipinski definition) is 3. The third-order valence-corrected chi connectivity index (χ3v) is 3.44. The van der Waals surface area contributed by atoms with Crippen LogP contribution in [0.15, 0.2) is 34.2 Å². The standard InChI is InChI=1S/C12H16N2S/c1-14-8-11(7-13-9-14)10-3-5-12(15-2)6-4-10/h3-6,9,11H,7-8H2,1-2H3. The van der Waals surface area contributed by atoms with Gasteiger partial charge in [-0.05, 0) is 24.0 Å². The fraction of sp³-hybridized carbons (Fsp3) is 0.417. The molecule has 1 unspecified atom stereocenters. The van der Waals surface area contributed by atoms with Crippen molar-refractivity contribution in [1.29, 1.82) is 0 Å². The highest BCUT2D eigenvalue weighted by Gasteiger charge is 2.15. The van der Waals surface area contributed by atoms with Crippen molar-refractivity contribution in [2.24, 2.45) is 4.99 Å². The summed E-state index contributed by atoms with van der Waals surface area (Å²) >= 11 is 1.78. The minimum atomic E-state index is 0.552. The van der Waals surface area contributed by atoms with Gasteiger partial charge in [-0.15, -0.1) is 11.8 Å². The molecule has 3 heteroatoms. The van der Waals surface area contributed by atoms with Gasteiger partial charge in [0.15, 0.2) is 0 Å². The molecule has 0 saturated carbocycles. The minimum absolute atomic E-state index is 0.552. The number of thioether (sulfide) groups is 1. The summed E-state index contributed by atoms with van der Waals surface area (Å²) in [5.41, 5.74) is 1.40. The molecule has 1 aliphatic rings. The van der Waals surface area contributed by atoms with Crippen LogP contribution in [0.3, 0.4) is 0 Å². The zero-order valence-electron chi connectivity index (χ0n) is 9.18. The number of rotatable bonds is 2. The number of likely N-dealkylation sites (N-methyl/N-ethyl adjacent to an activating group) is 1. The van der Waals surface area contributed by atoms with Gasteiger partial charge >= 0.3 is 0 Å². The van der Waals surface area contributed by atoms with Gasteiger partial charge in [-0.25, -0.2) is 0 Å². The van der Waals surface area contributed by atoms with E-state index in [1.165, 1.54) is 10.5 Å². The molecule has 0 N–H and O–H groups in total. The van der Waals surface area contributed by atoms with E-state index in [0.717, 1.165) is 13.1 Å². The van der Waals surface area contributed by atoms with Crippen LogP contribution in [0, 0.1) is 0 Å². The average Bonchev–Trinajstić information content (AvgIpc) is 2.29. The molecule has 0 saturated heterocycles. The Morgan fingerprint density at radius 2 is 2.07 bits per heavy atom. The number of aliphatic imine (C=N–C) groups is 1. The van der Waals surface area contributed by atoms with Crippen LogP contribution in [-0.2, 0) is 0 Å². The zero-order valence-corrected chi connectivity index (χ0v) is 10.00. The Balaban J connectivity index is 2.12. The van der Waals surface area contributed by atoms with Crippen LogP contribution in [0.25, 0.3) is 0 Å². The van der Waals surface area contributed by atoms with Crippen LogP contribution in [0.2, 0.25) is 0 Å². The lowest BCUT2D eigenvalue weighted by Gasteiger charge is -2.25. The molecule has 1 aromatic rings. The SMILES string of the molecule is CSc1ccc(C2CN=CN(C)C2)cc1. The molecule has 1 heterocycles. The molecule has 0 bridgehead atoms. The quantitative estimate of drug-likeness (QED) is 0.712. The summed E-state index contributed by atoms with van der Waals surface area (Å²) in [7, 11) is 2.08. The smallest absolute Gasteiger partial charge is 0.0847 e. The molecular weight excluding hydrogens is 204 g/mol. The summed E-state index contributed by atoms with van der Waals surface area (Å²) in [4.78, 5) is 7.83. The van der Waals surface area contributed by atoms with Crippen LogP contribution in [-0.4, -0.2) is 37.6 Å². The second-order valence-electron chi connectivity index (χ2n) is 3.89. The van der Waals surface area contributed by atoms with E-state index in [2.05, 4.69) is 47.5 Å². The van der Waals surface area contributed by atoms with E-state index < -0.39 is 0 Å². The maximum Gasteiger partial charge on any atom is 0.0847 e.